The van der Waals surface area contributed by atoms with E-state index in [1.54, 1.807) is 50.0 Å². The van der Waals surface area contributed by atoms with Gasteiger partial charge in [-0.25, -0.2) is 9.79 Å². The van der Waals surface area contributed by atoms with Gasteiger partial charge < -0.3 is 28.9 Å². The molecule has 1 fully saturated rings. The molecule has 3 aliphatic heterocycles. The zero-order valence-electron chi connectivity index (χ0n) is 24.2. The lowest BCUT2D eigenvalue weighted by Gasteiger charge is -2.38. The Morgan fingerprint density at radius 1 is 0.976 bits per heavy atom. The Bertz CT molecular complexity index is 1460. The smallest absolute Gasteiger partial charge is 0.338 e. The minimum absolute atomic E-state index is 0.00810. The fourth-order valence-electron chi connectivity index (χ4n) is 5.37. The van der Waals surface area contributed by atoms with Crippen LogP contribution in [0.5, 0.6) is 11.5 Å². The minimum Gasteiger partial charge on any atom is -0.497 e. The number of rotatable bonds is 8. The summed E-state index contributed by atoms with van der Waals surface area (Å²) in [7, 11) is 3.16. The van der Waals surface area contributed by atoms with Crippen LogP contribution < -0.4 is 9.47 Å². The maximum absolute atomic E-state index is 13.8. The van der Waals surface area contributed by atoms with Crippen molar-refractivity contribution in [3.63, 3.8) is 0 Å². The standard InChI is InChI=1S/C31H34N4O6S/c1-5-41-30(38)27-28(21-9-7-6-8-10-21)32-31-35(29(27)24-18-23(39-3)11-12-25(24)40-4)22(19-42-31)17-26(37)34-15-13-33(14-16-34)20(2)36/h6-12,18-19,29H,5,13-17H2,1-4H3. The van der Waals surface area contributed by atoms with E-state index >= 15 is 0 Å². The van der Waals surface area contributed by atoms with E-state index in [9.17, 15) is 14.4 Å². The monoisotopic (exact) mass is 590 g/mol. The van der Waals surface area contributed by atoms with Crippen LogP contribution in [0.1, 0.15) is 37.4 Å². The fraction of sp³-hybridized carbons (Fsp3) is 0.355. The number of hydrogen-bond donors (Lipinski definition) is 0. The molecule has 2 aromatic rings. The molecule has 42 heavy (non-hydrogen) atoms. The third-order valence-corrected chi connectivity index (χ3v) is 8.38. The van der Waals surface area contributed by atoms with Crippen LogP contribution in [0.15, 0.2) is 70.2 Å². The highest BCUT2D eigenvalue weighted by atomic mass is 32.2. The molecular formula is C31H34N4O6S. The Labute approximate surface area is 249 Å². The van der Waals surface area contributed by atoms with Crippen LogP contribution in [0.4, 0.5) is 0 Å². The summed E-state index contributed by atoms with van der Waals surface area (Å²) in [5.74, 6) is 0.596. The third kappa shape index (κ3) is 5.74. The number of aliphatic imine (C=N–C) groups is 1. The van der Waals surface area contributed by atoms with Crippen molar-refractivity contribution in [3.05, 3.63) is 76.3 Å². The van der Waals surface area contributed by atoms with Gasteiger partial charge in [0.1, 0.15) is 11.5 Å². The summed E-state index contributed by atoms with van der Waals surface area (Å²) < 4.78 is 17.0. The number of carbonyl (C=O) groups excluding carboxylic acids is 3. The van der Waals surface area contributed by atoms with Crippen LogP contribution in [0.2, 0.25) is 0 Å². The van der Waals surface area contributed by atoms with Gasteiger partial charge in [-0.15, -0.1) is 0 Å². The Kier molecular flexibility index (Phi) is 8.86. The van der Waals surface area contributed by atoms with Gasteiger partial charge in [0.25, 0.3) is 0 Å². The second-order valence-corrected chi connectivity index (χ2v) is 10.8. The van der Waals surface area contributed by atoms with Crippen molar-refractivity contribution in [1.82, 2.24) is 14.7 Å². The number of carbonyl (C=O) groups is 3. The van der Waals surface area contributed by atoms with Crippen molar-refractivity contribution in [3.8, 4) is 11.5 Å². The normalized spacial score (nSPS) is 18.3. The van der Waals surface area contributed by atoms with E-state index in [0.29, 0.717) is 65.4 Å². The number of fused-ring (bicyclic) bond motifs is 1. The predicted molar refractivity (Wildman–Crippen MR) is 161 cm³/mol. The first-order chi connectivity index (χ1) is 20.4. The number of esters is 1. The summed E-state index contributed by atoms with van der Waals surface area (Å²) in [4.78, 5) is 49.5. The Hall–Kier alpha value is -4.25. The number of thioether (sulfide) groups is 1. The van der Waals surface area contributed by atoms with E-state index in [1.807, 2.05) is 46.7 Å². The molecule has 2 aromatic carbocycles. The number of piperazine rings is 1. The minimum atomic E-state index is -0.708. The number of hydrogen-bond acceptors (Lipinski definition) is 9. The highest BCUT2D eigenvalue weighted by Crippen LogP contribution is 2.49. The van der Waals surface area contributed by atoms with E-state index < -0.39 is 12.0 Å². The summed E-state index contributed by atoms with van der Waals surface area (Å²) in [6.45, 7) is 5.45. The molecule has 0 N–H and O–H groups in total. The quantitative estimate of drug-likeness (QED) is 0.425. The van der Waals surface area contributed by atoms with Gasteiger partial charge in [0, 0.05) is 49.9 Å². The molecule has 1 saturated heterocycles. The molecule has 220 valence electrons. The average Bonchev–Trinajstić information content (AvgIpc) is 3.42. The molecule has 5 rings (SSSR count). The van der Waals surface area contributed by atoms with Crippen LogP contribution in [-0.2, 0) is 19.1 Å². The van der Waals surface area contributed by atoms with Crippen molar-refractivity contribution >= 4 is 40.4 Å². The largest absolute Gasteiger partial charge is 0.497 e. The summed E-state index contributed by atoms with van der Waals surface area (Å²) >= 11 is 1.41. The van der Waals surface area contributed by atoms with Crippen molar-refractivity contribution in [1.29, 1.82) is 0 Å². The van der Waals surface area contributed by atoms with Crippen molar-refractivity contribution in [2.75, 3.05) is 47.0 Å². The van der Waals surface area contributed by atoms with E-state index in [-0.39, 0.29) is 24.8 Å². The van der Waals surface area contributed by atoms with E-state index in [0.717, 1.165) is 5.56 Å². The summed E-state index contributed by atoms with van der Waals surface area (Å²) in [5, 5.41) is 2.56. The lowest BCUT2D eigenvalue weighted by Crippen LogP contribution is -2.50. The van der Waals surface area contributed by atoms with Gasteiger partial charge in [-0.2, -0.15) is 0 Å². The van der Waals surface area contributed by atoms with Crippen molar-refractivity contribution in [2.45, 2.75) is 26.3 Å². The van der Waals surface area contributed by atoms with Gasteiger partial charge >= 0.3 is 5.97 Å². The van der Waals surface area contributed by atoms with Crippen LogP contribution >= 0.6 is 11.8 Å². The van der Waals surface area contributed by atoms with Gasteiger partial charge in [-0.1, -0.05) is 42.1 Å². The first kappa shape index (κ1) is 29.2. The second kappa shape index (κ2) is 12.7. The van der Waals surface area contributed by atoms with Crippen LogP contribution in [0.25, 0.3) is 5.70 Å². The molecule has 0 bridgehead atoms. The molecular weight excluding hydrogens is 556 g/mol. The van der Waals surface area contributed by atoms with E-state index in [4.69, 9.17) is 19.2 Å². The molecule has 0 radical (unpaired) electrons. The Balaban J connectivity index is 1.59. The number of amides is 2. The molecule has 1 atom stereocenters. The highest BCUT2D eigenvalue weighted by molar-refractivity contribution is 8.16. The van der Waals surface area contributed by atoms with Crippen LogP contribution in [0.3, 0.4) is 0 Å². The SMILES string of the molecule is CCOC(=O)C1=C(c2ccccc2)N=C2SC=C(CC(=O)N3CCN(C(C)=O)CC3)N2C1c1cc(OC)ccc1OC. The van der Waals surface area contributed by atoms with Gasteiger partial charge in [0.05, 0.1) is 44.6 Å². The predicted octanol–water partition coefficient (Wildman–Crippen LogP) is 4.06. The zero-order valence-corrected chi connectivity index (χ0v) is 25.0. The second-order valence-electron chi connectivity index (χ2n) is 9.91. The number of ether oxygens (including phenoxy) is 3. The molecule has 0 saturated carbocycles. The van der Waals surface area contributed by atoms with Crippen molar-refractivity contribution in [2.24, 2.45) is 4.99 Å². The fourth-order valence-corrected chi connectivity index (χ4v) is 6.29. The topological polar surface area (TPSA) is 101 Å². The van der Waals surface area contributed by atoms with E-state index in [2.05, 4.69) is 0 Å². The maximum atomic E-state index is 13.8. The lowest BCUT2D eigenvalue weighted by molar-refractivity contribution is -0.139. The molecule has 10 nitrogen and oxygen atoms in total. The molecule has 11 heteroatoms. The number of methoxy groups -OCH3 is 2. The number of benzene rings is 2. The Morgan fingerprint density at radius 2 is 1.69 bits per heavy atom. The molecule has 0 aromatic heterocycles. The molecule has 2 amide bonds. The van der Waals surface area contributed by atoms with Gasteiger partial charge in [-0.05, 0) is 30.5 Å². The molecule has 1 unspecified atom stereocenters. The summed E-state index contributed by atoms with van der Waals surface area (Å²) in [6, 6.07) is 14.3. The summed E-state index contributed by atoms with van der Waals surface area (Å²) in [6.07, 6.45) is 0.103. The first-order valence-electron chi connectivity index (χ1n) is 13.8. The number of amidine groups is 1. The first-order valence-corrected chi connectivity index (χ1v) is 14.7. The Morgan fingerprint density at radius 3 is 2.33 bits per heavy atom. The maximum Gasteiger partial charge on any atom is 0.338 e. The third-order valence-electron chi connectivity index (χ3n) is 7.49. The van der Waals surface area contributed by atoms with Crippen molar-refractivity contribution < 1.29 is 28.6 Å². The lowest BCUT2D eigenvalue weighted by atomic mass is 9.90. The van der Waals surface area contributed by atoms with Gasteiger partial charge in [0.2, 0.25) is 11.8 Å². The van der Waals surface area contributed by atoms with E-state index in [1.165, 1.54) is 11.8 Å². The molecule has 3 heterocycles. The van der Waals surface area contributed by atoms with Gasteiger partial charge in [-0.3, -0.25) is 9.59 Å². The molecule has 3 aliphatic rings. The zero-order chi connectivity index (χ0) is 29.8. The number of nitrogens with zero attached hydrogens (tertiary/aromatic N) is 4. The molecule has 0 spiro atoms. The average molecular weight is 591 g/mol. The molecule has 0 aliphatic carbocycles. The van der Waals surface area contributed by atoms with Crippen LogP contribution in [-0.4, -0.2) is 84.7 Å². The highest BCUT2D eigenvalue weighted by Gasteiger charge is 2.44. The van der Waals surface area contributed by atoms with Gasteiger partial charge in [0.15, 0.2) is 5.17 Å². The summed E-state index contributed by atoms with van der Waals surface area (Å²) in [5.41, 5.74) is 3.00. The van der Waals surface area contributed by atoms with Crippen LogP contribution in [0, 0.1) is 0 Å².